The Morgan fingerprint density at radius 3 is 2.52 bits per heavy atom. The van der Waals surface area contributed by atoms with Gasteiger partial charge in [0.25, 0.3) is 5.91 Å². The van der Waals surface area contributed by atoms with Crippen LogP contribution in [0.25, 0.3) is 0 Å². The highest BCUT2D eigenvalue weighted by molar-refractivity contribution is 5.96. The minimum absolute atomic E-state index is 0.193. The molecule has 0 atom stereocenters. The number of rotatable bonds is 7. The van der Waals surface area contributed by atoms with E-state index in [1.165, 1.54) is 11.8 Å². The van der Waals surface area contributed by atoms with E-state index in [1.54, 1.807) is 19.1 Å². The Hall–Kier alpha value is -2.89. The van der Waals surface area contributed by atoms with Gasteiger partial charge in [0.15, 0.2) is 6.61 Å². The van der Waals surface area contributed by atoms with Gasteiger partial charge in [-0.25, -0.2) is 9.78 Å². The molecular weight excluding hydrogens is 320 g/mol. The molecule has 25 heavy (non-hydrogen) atoms. The Balaban J connectivity index is 1.90. The summed E-state index contributed by atoms with van der Waals surface area (Å²) in [7, 11) is 0. The van der Waals surface area contributed by atoms with Gasteiger partial charge in [0, 0.05) is 11.9 Å². The Bertz CT molecular complexity index is 726. The van der Waals surface area contributed by atoms with Crippen LogP contribution in [0.3, 0.4) is 0 Å². The van der Waals surface area contributed by atoms with Crippen molar-refractivity contribution in [2.75, 3.05) is 18.5 Å². The van der Waals surface area contributed by atoms with Crippen LogP contribution >= 0.6 is 0 Å². The molecule has 0 spiro atoms. The minimum atomic E-state index is -0.651. The van der Waals surface area contributed by atoms with Crippen LogP contribution in [-0.4, -0.2) is 30.1 Å². The largest absolute Gasteiger partial charge is 0.477 e. The number of amides is 1. The normalized spacial score (nSPS) is 10.4. The van der Waals surface area contributed by atoms with Crippen molar-refractivity contribution in [3.05, 3.63) is 53.7 Å². The molecule has 2 rings (SSSR count). The molecule has 0 aliphatic heterocycles. The van der Waals surface area contributed by atoms with E-state index in [9.17, 15) is 9.59 Å². The molecule has 132 valence electrons. The number of carbonyl (C=O) groups excluding carboxylic acids is 2. The van der Waals surface area contributed by atoms with Gasteiger partial charge in [-0.1, -0.05) is 26.0 Å². The van der Waals surface area contributed by atoms with Crippen LogP contribution in [-0.2, 0) is 9.53 Å². The van der Waals surface area contributed by atoms with Crippen molar-refractivity contribution in [2.45, 2.75) is 26.7 Å². The van der Waals surface area contributed by atoms with Gasteiger partial charge < -0.3 is 14.8 Å². The first-order chi connectivity index (χ1) is 12.0. The topological polar surface area (TPSA) is 77.5 Å². The summed E-state index contributed by atoms with van der Waals surface area (Å²) in [5, 5.41) is 2.69. The third-order valence-electron chi connectivity index (χ3n) is 3.47. The molecular formula is C19H22N2O4. The van der Waals surface area contributed by atoms with Crippen molar-refractivity contribution in [2.24, 2.45) is 0 Å². The lowest BCUT2D eigenvalue weighted by Gasteiger charge is -2.10. The van der Waals surface area contributed by atoms with Gasteiger partial charge in [-0.15, -0.1) is 0 Å². The number of pyridine rings is 1. The van der Waals surface area contributed by atoms with Crippen LogP contribution in [0.1, 0.15) is 42.6 Å². The lowest BCUT2D eigenvalue weighted by molar-refractivity contribution is -0.119. The van der Waals surface area contributed by atoms with E-state index in [2.05, 4.69) is 24.1 Å². The molecule has 6 heteroatoms. The summed E-state index contributed by atoms with van der Waals surface area (Å²) in [6, 6.07) is 10.7. The SMILES string of the molecule is CCOc1ncccc1C(=O)OCC(=O)Nc1ccc(C(C)C)cc1. The molecule has 1 aromatic heterocycles. The van der Waals surface area contributed by atoms with Crippen LogP contribution in [0.5, 0.6) is 5.88 Å². The first kappa shape index (κ1) is 18.4. The van der Waals surface area contributed by atoms with E-state index >= 15 is 0 Å². The minimum Gasteiger partial charge on any atom is -0.477 e. The second-order valence-electron chi connectivity index (χ2n) is 5.69. The van der Waals surface area contributed by atoms with Crippen LogP contribution in [0.2, 0.25) is 0 Å². The highest BCUT2D eigenvalue weighted by atomic mass is 16.5. The number of nitrogens with one attached hydrogen (secondary N) is 1. The summed E-state index contributed by atoms with van der Waals surface area (Å²) in [6.45, 7) is 5.99. The number of aromatic nitrogens is 1. The number of carbonyl (C=O) groups is 2. The Morgan fingerprint density at radius 1 is 1.16 bits per heavy atom. The average molecular weight is 342 g/mol. The summed E-state index contributed by atoms with van der Waals surface area (Å²) in [6.07, 6.45) is 1.52. The van der Waals surface area contributed by atoms with Gasteiger partial charge in [-0.3, -0.25) is 4.79 Å². The molecule has 6 nitrogen and oxygen atoms in total. The average Bonchev–Trinajstić information content (AvgIpc) is 2.61. The summed E-state index contributed by atoms with van der Waals surface area (Å²) < 4.78 is 10.3. The maximum absolute atomic E-state index is 12.1. The van der Waals surface area contributed by atoms with Crippen LogP contribution in [0, 0.1) is 0 Å². The highest BCUT2D eigenvalue weighted by Gasteiger charge is 2.16. The van der Waals surface area contributed by atoms with Crippen molar-refractivity contribution in [1.29, 1.82) is 0 Å². The molecule has 1 aromatic carbocycles. The first-order valence-electron chi connectivity index (χ1n) is 8.16. The van der Waals surface area contributed by atoms with Crippen LogP contribution in [0.15, 0.2) is 42.6 Å². The van der Waals surface area contributed by atoms with Crippen molar-refractivity contribution in [3.8, 4) is 5.88 Å². The van der Waals surface area contributed by atoms with Gasteiger partial charge in [0.05, 0.1) is 6.61 Å². The van der Waals surface area contributed by atoms with E-state index in [-0.39, 0.29) is 18.1 Å². The van der Waals surface area contributed by atoms with Crippen molar-refractivity contribution in [3.63, 3.8) is 0 Å². The second kappa shape index (κ2) is 8.82. The molecule has 0 aliphatic rings. The molecule has 1 N–H and O–H groups in total. The molecule has 0 saturated carbocycles. The first-order valence-corrected chi connectivity index (χ1v) is 8.16. The van der Waals surface area contributed by atoms with Gasteiger partial charge in [-0.2, -0.15) is 0 Å². The number of hydrogen-bond donors (Lipinski definition) is 1. The van der Waals surface area contributed by atoms with Crippen LogP contribution < -0.4 is 10.1 Å². The smallest absolute Gasteiger partial charge is 0.344 e. The molecule has 0 aliphatic carbocycles. The van der Waals surface area contributed by atoms with E-state index in [4.69, 9.17) is 9.47 Å². The quantitative estimate of drug-likeness (QED) is 0.780. The molecule has 0 fully saturated rings. The van der Waals surface area contributed by atoms with Crippen molar-refractivity contribution < 1.29 is 19.1 Å². The number of esters is 1. The monoisotopic (exact) mass is 342 g/mol. The van der Waals surface area contributed by atoms with E-state index in [1.807, 2.05) is 24.3 Å². The standard InChI is InChI=1S/C19H22N2O4/c1-4-24-18-16(6-5-11-20-18)19(23)25-12-17(22)21-15-9-7-14(8-10-15)13(2)3/h5-11,13H,4,12H2,1-3H3,(H,21,22). The summed E-state index contributed by atoms with van der Waals surface area (Å²) in [4.78, 5) is 28.0. The van der Waals surface area contributed by atoms with E-state index < -0.39 is 11.9 Å². The Labute approximate surface area is 147 Å². The maximum atomic E-state index is 12.1. The van der Waals surface area contributed by atoms with Crippen LogP contribution in [0.4, 0.5) is 5.69 Å². The summed E-state index contributed by atoms with van der Waals surface area (Å²) in [5.41, 5.74) is 2.03. The number of anilines is 1. The van der Waals surface area contributed by atoms with E-state index in [0.717, 1.165) is 0 Å². The third-order valence-corrected chi connectivity index (χ3v) is 3.47. The molecule has 2 aromatic rings. The third kappa shape index (κ3) is 5.31. The number of hydrogen-bond acceptors (Lipinski definition) is 5. The highest BCUT2D eigenvalue weighted by Crippen LogP contribution is 2.17. The molecule has 0 unspecified atom stereocenters. The fraction of sp³-hybridized carbons (Fsp3) is 0.316. The maximum Gasteiger partial charge on any atom is 0.344 e. The number of benzene rings is 1. The predicted octanol–water partition coefficient (Wildman–Crippen LogP) is 3.40. The number of ether oxygens (including phenoxy) is 2. The van der Waals surface area contributed by atoms with Crippen molar-refractivity contribution in [1.82, 2.24) is 4.98 Å². The molecule has 1 amide bonds. The zero-order chi connectivity index (χ0) is 18.2. The summed E-state index contributed by atoms with van der Waals surface area (Å²) in [5.74, 6) is -0.446. The lowest BCUT2D eigenvalue weighted by Crippen LogP contribution is -2.21. The molecule has 0 bridgehead atoms. The number of nitrogens with zero attached hydrogens (tertiary/aromatic N) is 1. The fourth-order valence-electron chi connectivity index (χ4n) is 2.16. The lowest BCUT2D eigenvalue weighted by atomic mass is 10.0. The Morgan fingerprint density at radius 2 is 1.88 bits per heavy atom. The molecule has 1 heterocycles. The fourth-order valence-corrected chi connectivity index (χ4v) is 2.16. The second-order valence-corrected chi connectivity index (χ2v) is 5.69. The van der Waals surface area contributed by atoms with Gasteiger partial charge in [0.2, 0.25) is 5.88 Å². The van der Waals surface area contributed by atoms with Gasteiger partial charge in [0.1, 0.15) is 5.56 Å². The zero-order valence-corrected chi connectivity index (χ0v) is 14.6. The van der Waals surface area contributed by atoms with Gasteiger partial charge in [-0.05, 0) is 42.7 Å². The molecule has 0 saturated heterocycles. The van der Waals surface area contributed by atoms with Gasteiger partial charge >= 0.3 is 5.97 Å². The van der Waals surface area contributed by atoms with Crippen molar-refractivity contribution >= 4 is 17.6 Å². The predicted molar refractivity (Wildman–Crippen MR) is 94.8 cm³/mol. The zero-order valence-electron chi connectivity index (χ0n) is 14.6. The summed E-state index contributed by atoms with van der Waals surface area (Å²) >= 11 is 0. The Kier molecular flexibility index (Phi) is 6.51. The van der Waals surface area contributed by atoms with E-state index in [0.29, 0.717) is 18.2 Å². The molecule has 0 radical (unpaired) electrons.